The predicted octanol–water partition coefficient (Wildman–Crippen LogP) is 0.123. The molecule has 1 atom stereocenters. The van der Waals surface area contributed by atoms with Crippen molar-refractivity contribution < 1.29 is 29.3 Å². The second-order valence-electron chi connectivity index (χ2n) is 4.34. The van der Waals surface area contributed by atoms with Gasteiger partial charge in [0.1, 0.15) is 18.5 Å². The number of carboxylic acids is 1. The fraction of sp³-hybridized carbons (Fsp3) is 0.333. The quantitative estimate of drug-likeness (QED) is 0.627. The summed E-state index contributed by atoms with van der Waals surface area (Å²) >= 11 is 0. The third-order valence-electron chi connectivity index (χ3n) is 2.52. The zero-order valence-electron chi connectivity index (χ0n) is 12.0. The van der Waals surface area contributed by atoms with E-state index in [2.05, 4.69) is 5.92 Å². The normalized spacial score (nSPS) is 16.3. The van der Waals surface area contributed by atoms with E-state index in [0.717, 1.165) is 6.92 Å². The molecule has 22 heavy (non-hydrogen) atoms. The lowest BCUT2D eigenvalue weighted by molar-refractivity contribution is -0.302. The Kier molecular flexibility index (Phi) is 6.73. The standard InChI is InChI=1S/C13H13NO4.C2H4O2/c1-2-7-17-9-12-8-14(13(16)18-12)10-3-5-11(15)6-4-10;1-2(3)4/h1,3-6,12,15H,7-9H2;1H3,(H,3,4)/p-1. The highest BCUT2D eigenvalue weighted by molar-refractivity contribution is 5.89. The molecule has 1 aliphatic heterocycles. The molecular weight excluding hydrogens is 290 g/mol. The number of benzene rings is 1. The summed E-state index contributed by atoms with van der Waals surface area (Å²) < 4.78 is 10.3. The number of carboxylic acid groups (broad SMARTS) is 1. The van der Waals surface area contributed by atoms with Crippen molar-refractivity contribution >= 4 is 17.7 Å². The second kappa shape index (κ2) is 8.54. The lowest BCUT2D eigenvalue weighted by Crippen LogP contribution is -2.25. The van der Waals surface area contributed by atoms with Crippen LogP contribution in [0.2, 0.25) is 0 Å². The average molecular weight is 306 g/mol. The molecule has 1 heterocycles. The van der Waals surface area contributed by atoms with E-state index < -0.39 is 12.1 Å². The topological polar surface area (TPSA) is 99.1 Å². The van der Waals surface area contributed by atoms with E-state index in [4.69, 9.17) is 25.8 Å². The number of hydrogen-bond donors (Lipinski definition) is 1. The van der Waals surface area contributed by atoms with Gasteiger partial charge in [-0.15, -0.1) is 6.42 Å². The second-order valence-corrected chi connectivity index (χ2v) is 4.34. The van der Waals surface area contributed by atoms with Crippen molar-refractivity contribution in [3.63, 3.8) is 0 Å². The van der Waals surface area contributed by atoms with Crippen molar-refractivity contribution in [1.82, 2.24) is 0 Å². The number of anilines is 1. The summed E-state index contributed by atoms with van der Waals surface area (Å²) in [4.78, 5) is 22.0. The summed E-state index contributed by atoms with van der Waals surface area (Å²) in [6, 6.07) is 6.35. The number of carbonyl (C=O) groups is 2. The number of cyclic esters (lactones) is 1. The smallest absolute Gasteiger partial charge is 0.414 e. The maximum absolute atomic E-state index is 11.6. The van der Waals surface area contributed by atoms with Crippen molar-refractivity contribution in [3.8, 4) is 18.1 Å². The van der Waals surface area contributed by atoms with Gasteiger partial charge in [-0.25, -0.2) is 4.79 Å². The Bertz CT molecular complexity index is 544. The van der Waals surface area contributed by atoms with Crippen LogP contribution < -0.4 is 10.0 Å². The van der Waals surface area contributed by atoms with Gasteiger partial charge in [-0.2, -0.15) is 0 Å². The summed E-state index contributed by atoms with van der Waals surface area (Å²) in [7, 11) is 0. The number of ether oxygens (including phenoxy) is 2. The number of phenolic OH excluding ortho intramolecular Hbond substituents is 1. The summed E-state index contributed by atoms with van der Waals surface area (Å²) in [6.45, 7) is 1.87. The number of terminal acetylenes is 1. The van der Waals surface area contributed by atoms with Crippen LogP contribution in [-0.2, 0) is 14.3 Å². The predicted molar refractivity (Wildman–Crippen MR) is 76.1 cm³/mol. The number of amides is 1. The highest BCUT2D eigenvalue weighted by Gasteiger charge is 2.32. The molecule has 1 fully saturated rings. The summed E-state index contributed by atoms with van der Waals surface area (Å²) in [6.07, 6.45) is 4.32. The minimum Gasteiger partial charge on any atom is -0.550 e. The van der Waals surface area contributed by atoms with E-state index in [1.807, 2.05) is 0 Å². The van der Waals surface area contributed by atoms with Gasteiger partial charge in [-0.1, -0.05) is 5.92 Å². The molecule has 0 radical (unpaired) electrons. The van der Waals surface area contributed by atoms with Crippen molar-refractivity contribution in [2.24, 2.45) is 0 Å². The minimum atomic E-state index is -1.08. The molecule has 2 rings (SSSR count). The third kappa shape index (κ3) is 5.73. The molecule has 7 nitrogen and oxygen atoms in total. The zero-order chi connectivity index (χ0) is 16.5. The molecule has 0 aromatic heterocycles. The van der Waals surface area contributed by atoms with E-state index in [-0.39, 0.29) is 25.1 Å². The Morgan fingerprint density at radius 1 is 1.55 bits per heavy atom. The molecule has 1 N–H and O–H groups in total. The summed E-state index contributed by atoms with van der Waals surface area (Å²) in [5.74, 6) is 1.42. The molecule has 1 aliphatic rings. The number of phenols is 1. The van der Waals surface area contributed by atoms with Gasteiger partial charge < -0.3 is 24.5 Å². The SMILES string of the molecule is C#CCOCC1CN(c2ccc(O)cc2)C(=O)O1.CC(=O)[O-]. The van der Waals surface area contributed by atoms with E-state index >= 15 is 0 Å². The van der Waals surface area contributed by atoms with Crippen molar-refractivity contribution in [2.45, 2.75) is 13.0 Å². The third-order valence-corrected chi connectivity index (χ3v) is 2.52. The zero-order valence-corrected chi connectivity index (χ0v) is 12.0. The molecule has 1 unspecified atom stereocenters. The van der Waals surface area contributed by atoms with Crippen LogP contribution in [-0.4, -0.2) is 43.0 Å². The van der Waals surface area contributed by atoms with Crippen LogP contribution in [0.1, 0.15) is 6.92 Å². The number of hydrogen-bond acceptors (Lipinski definition) is 6. The molecule has 0 saturated carbocycles. The first-order valence-corrected chi connectivity index (χ1v) is 6.40. The van der Waals surface area contributed by atoms with Crippen molar-refractivity contribution in [2.75, 3.05) is 24.7 Å². The molecule has 7 heteroatoms. The lowest BCUT2D eigenvalue weighted by Gasteiger charge is -2.12. The van der Waals surface area contributed by atoms with Crippen LogP contribution in [0, 0.1) is 12.3 Å². The molecule has 0 aliphatic carbocycles. The van der Waals surface area contributed by atoms with Gasteiger partial charge in [0.15, 0.2) is 0 Å². The fourth-order valence-corrected chi connectivity index (χ4v) is 1.70. The van der Waals surface area contributed by atoms with Crippen molar-refractivity contribution in [1.29, 1.82) is 0 Å². The van der Waals surface area contributed by atoms with E-state index in [0.29, 0.717) is 12.2 Å². The first-order chi connectivity index (χ1) is 10.4. The largest absolute Gasteiger partial charge is 0.550 e. The van der Waals surface area contributed by atoms with Crippen LogP contribution in [0.15, 0.2) is 24.3 Å². The molecule has 118 valence electrons. The van der Waals surface area contributed by atoms with Gasteiger partial charge in [0, 0.05) is 11.7 Å². The average Bonchev–Trinajstić information content (AvgIpc) is 2.80. The fourth-order valence-electron chi connectivity index (χ4n) is 1.70. The Balaban J connectivity index is 0.000000541. The monoisotopic (exact) mass is 306 g/mol. The van der Waals surface area contributed by atoms with Crippen LogP contribution in [0.3, 0.4) is 0 Å². The van der Waals surface area contributed by atoms with E-state index in [9.17, 15) is 9.90 Å². The van der Waals surface area contributed by atoms with E-state index in [1.54, 1.807) is 12.1 Å². The van der Waals surface area contributed by atoms with Gasteiger partial charge in [0.25, 0.3) is 0 Å². The number of nitrogens with zero attached hydrogens (tertiary/aromatic N) is 1. The van der Waals surface area contributed by atoms with Gasteiger partial charge in [-0.05, 0) is 31.2 Å². The molecule has 1 aromatic rings. The van der Waals surface area contributed by atoms with Gasteiger partial charge in [-0.3, -0.25) is 4.90 Å². The maximum Gasteiger partial charge on any atom is 0.414 e. The molecule has 1 saturated heterocycles. The first kappa shape index (κ1) is 17.3. The Morgan fingerprint density at radius 3 is 2.68 bits per heavy atom. The van der Waals surface area contributed by atoms with Crippen LogP contribution in [0.4, 0.5) is 10.5 Å². The molecule has 0 spiro atoms. The molecule has 1 amide bonds. The van der Waals surface area contributed by atoms with Gasteiger partial charge >= 0.3 is 6.09 Å². The maximum atomic E-state index is 11.6. The Morgan fingerprint density at radius 2 is 2.14 bits per heavy atom. The molecule has 1 aromatic carbocycles. The molecular formula is C15H16NO6-. The summed E-state index contributed by atoms with van der Waals surface area (Å²) in [5.41, 5.74) is 0.678. The number of aromatic hydroxyl groups is 1. The van der Waals surface area contributed by atoms with Crippen LogP contribution in [0.5, 0.6) is 5.75 Å². The molecule has 0 bridgehead atoms. The van der Waals surface area contributed by atoms with Gasteiger partial charge in [0.2, 0.25) is 0 Å². The van der Waals surface area contributed by atoms with Crippen LogP contribution in [0.25, 0.3) is 0 Å². The van der Waals surface area contributed by atoms with Gasteiger partial charge in [0.05, 0.1) is 13.2 Å². The number of carbonyl (C=O) groups excluding carboxylic acids is 2. The van der Waals surface area contributed by atoms with Crippen LogP contribution >= 0.6 is 0 Å². The Hall–Kier alpha value is -2.72. The number of aliphatic carboxylic acids is 1. The highest BCUT2D eigenvalue weighted by atomic mass is 16.6. The Labute approximate surface area is 128 Å². The van der Waals surface area contributed by atoms with Crippen molar-refractivity contribution in [3.05, 3.63) is 24.3 Å². The lowest BCUT2D eigenvalue weighted by atomic mass is 10.2. The summed E-state index contributed by atoms with van der Waals surface area (Å²) in [5, 5.41) is 18.1. The highest BCUT2D eigenvalue weighted by Crippen LogP contribution is 2.23. The first-order valence-electron chi connectivity index (χ1n) is 6.40. The number of rotatable bonds is 4. The van der Waals surface area contributed by atoms with E-state index in [1.165, 1.54) is 17.0 Å². The minimum absolute atomic E-state index is 0.153.